The van der Waals surface area contributed by atoms with E-state index in [1.807, 2.05) is 0 Å². The van der Waals surface area contributed by atoms with Crippen LogP contribution in [0.4, 0.5) is 0 Å². The van der Waals surface area contributed by atoms with Crippen LogP contribution in [0.3, 0.4) is 0 Å². The van der Waals surface area contributed by atoms with Gasteiger partial charge in [0.2, 0.25) is 0 Å². The minimum atomic E-state index is -0.0653. The van der Waals surface area contributed by atoms with E-state index in [1.54, 1.807) is 0 Å². The summed E-state index contributed by atoms with van der Waals surface area (Å²) >= 11 is 0. The molecule has 8 aromatic rings. The van der Waals surface area contributed by atoms with Crippen molar-refractivity contribution in [2.24, 2.45) is 0 Å². The zero-order valence-corrected chi connectivity index (χ0v) is 24.6. The summed E-state index contributed by atoms with van der Waals surface area (Å²) in [6, 6.07) is 49.9. The highest BCUT2D eigenvalue weighted by atomic mass is 16.3. The molecule has 1 aliphatic carbocycles. The Labute approximate surface area is 256 Å². The zero-order chi connectivity index (χ0) is 29.4. The van der Waals surface area contributed by atoms with Crippen molar-refractivity contribution >= 4 is 32.7 Å². The number of hydrogen-bond acceptors (Lipinski definition) is 2. The number of aromatic nitrogens is 1. The van der Waals surface area contributed by atoms with Crippen molar-refractivity contribution in [2.75, 3.05) is 0 Å². The molecule has 44 heavy (non-hydrogen) atoms. The number of rotatable bonds is 3. The van der Waals surface area contributed by atoms with Gasteiger partial charge in [-0.25, -0.2) is 4.98 Å². The molecule has 2 aromatic heterocycles. The fraction of sp³-hybridized carbons (Fsp3) is 0.0714. The molecule has 2 nitrogen and oxygen atoms in total. The SMILES string of the molecule is CC1(C)c2ccccc2-c2ccc(-c3cc(-c4ccccc4)nc(-c4cccc5oc6c7ccccc7ccc6c45)c3)cc21. The van der Waals surface area contributed by atoms with Crippen LogP contribution in [0.5, 0.6) is 0 Å². The maximum absolute atomic E-state index is 6.53. The molecule has 0 spiro atoms. The second-order valence-electron chi connectivity index (χ2n) is 12.4. The number of furan rings is 1. The van der Waals surface area contributed by atoms with Gasteiger partial charge in [0.25, 0.3) is 0 Å². The first-order valence-corrected chi connectivity index (χ1v) is 15.2. The number of nitrogens with zero attached hydrogens (tertiary/aromatic N) is 1. The molecule has 0 fully saturated rings. The lowest BCUT2D eigenvalue weighted by atomic mass is 9.81. The van der Waals surface area contributed by atoms with E-state index in [9.17, 15) is 0 Å². The summed E-state index contributed by atoms with van der Waals surface area (Å²) < 4.78 is 6.53. The summed E-state index contributed by atoms with van der Waals surface area (Å²) in [5.41, 5.74) is 13.6. The van der Waals surface area contributed by atoms with Gasteiger partial charge in [-0.2, -0.15) is 0 Å². The van der Waals surface area contributed by atoms with E-state index in [1.165, 1.54) is 33.2 Å². The third-order valence-corrected chi connectivity index (χ3v) is 9.47. The molecule has 9 rings (SSSR count). The molecule has 0 saturated carbocycles. The average Bonchev–Trinajstić information content (AvgIpc) is 3.58. The van der Waals surface area contributed by atoms with Crippen LogP contribution in [-0.2, 0) is 5.41 Å². The molecule has 208 valence electrons. The van der Waals surface area contributed by atoms with Gasteiger partial charge in [0.1, 0.15) is 11.2 Å². The second kappa shape index (κ2) is 9.26. The molecule has 2 heteroatoms. The topological polar surface area (TPSA) is 26.0 Å². The molecule has 0 unspecified atom stereocenters. The highest BCUT2D eigenvalue weighted by Crippen LogP contribution is 2.50. The fourth-order valence-corrected chi connectivity index (χ4v) is 7.24. The maximum atomic E-state index is 6.53. The Kier molecular flexibility index (Phi) is 5.28. The molecule has 0 radical (unpaired) electrons. The maximum Gasteiger partial charge on any atom is 0.143 e. The van der Waals surface area contributed by atoms with Gasteiger partial charge in [-0.3, -0.25) is 0 Å². The molecule has 0 aliphatic heterocycles. The van der Waals surface area contributed by atoms with E-state index in [0.29, 0.717) is 0 Å². The number of benzene rings is 6. The summed E-state index contributed by atoms with van der Waals surface area (Å²) in [5, 5.41) is 4.51. The van der Waals surface area contributed by atoms with E-state index in [-0.39, 0.29) is 5.41 Å². The predicted molar refractivity (Wildman–Crippen MR) is 183 cm³/mol. The summed E-state index contributed by atoms with van der Waals surface area (Å²) in [7, 11) is 0. The van der Waals surface area contributed by atoms with Gasteiger partial charge < -0.3 is 4.42 Å². The molecular formula is C42H29NO. The smallest absolute Gasteiger partial charge is 0.143 e. The van der Waals surface area contributed by atoms with Crippen LogP contribution < -0.4 is 0 Å². The average molecular weight is 564 g/mol. The Balaban J connectivity index is 1.29. The van der Waals surface area contributed by atoms with Crippen LogP contribution in [-0.4, -0.2) is 4.98 Å². The van der Waals surface area contributed by atoms with Crippen LogP contribution in [0.25, 0.3) is 77.5 Å². The Morgan fingerprint density at radius 1 is 0.500 bits per heavy atom. The lowest BCUT2D eigenvalue weighted by molar-refractivity contribution is 0.660. The normalized spacial score (nSPS) is 13.4. The van der Waals surface area contributed by atoms with Crippen molar-refractivity contribution in [3.63, 3.8) is 0 Å². The van der Waals surface area contributed by atoms with E-state index in [2.05, 4.69) is 153 Å². The van der Waals surface area contributed by atoms with Crippen LogP contribution in [0, 0.1) is 0 Å². The molecule has 0 N–H and O–H groups in total. The van der Waals surface area contributed by atoms with Crippen molar-refractivity contribution in [3.8, 4) is 44.8 Å². The minimum Gasteiger partial charge on any atom is -0.455 e. The molecular weight excluding hydrogens is 534 g/mol. The van der Waals surface area contributed by atoms with Crippen LogP contribution >= 0.6 is 0 Å². The third kappa shape index (κ3) is 3.64. The highest BCUT2D eigenvalue weighted by Gasteiger charge is 2.35. The van der Waals surface area contributed by atoms with Gasteiger partial charge in [-0.15, -0.1) is 0 Å². The molecule has 0 atom stereocenters. The van der Waals surface area contributed by atoms with Crippen molar-refractivity contribution in [2.45, 2.75) is 19.3 Å². The van der Waals surface area contributed by atoms with E-state index in [0.717, 1.165) is 55.4 Å². The lowest BCUT2D eigenvalue weighted by Crippen LogP contribution is -2.14. The molecule has 0 amide bonds. The first-order chi connectivity index (χ1) is 21.6. The van der Waals surface area contributed by atoms with Crippen molar-refractivity contribution in [3.05, 3.63) is 151 Å². The lowest BCUT2D eigenvalue weighted by Gasteiger charge is -2.22. The Hall–Kier alpha value is -5.47. The molecule has 0 bridgehead atoms. The van der Waals surface area contributed by atoms with Gasteiger partial charge in [0.15, 0.2) is 0 Å². The van der Waals surface area contributed by atoms with E-state index < -0.39 is 0 Å². The number of fused-ring (bicyclic) bond motifs is 8. The monoisotopic (exact) mass is 563 g/mol. The zero-order valence-electron chi connectivity index (χ0n) is 24.6. The van der Waals surface area contributed by atoms with Gasteiger partial charge >= 0.3 is 0 Å². The summed E-state index contributed by atoms with van der Waals surface area (Å²) in [5.74, 6) is 0. The van der Waals surface area contributed by atoms with Crippen molar-refractivity contribution in [1.29, 1.82) is 0 Å². The second-order valence-corrected chi connectivity index (χ2v) is 12.4. The number of pyridine rings is 1. The van der Waals surface area contributed by atoms with Crippen LogP contribution in [0.2, 0.25) is 0 Å². The summed E-state index contributed by atoms with van der Waals surface area (Å²) in [6.45, 7) is 4.67. The summed E-state index contributed by atoms with van der Waals surface area (Å²) in [4.78, 5) is 5.29. The van der Waals surface area contributed by atoms with Crippen molar-refractivity contribution < 1.29 is 4.42 Å². The molecule has 1 aliphatic rings. The van der Waals surface area contributed by atoms with Gasteiger partial charge in [0, 0.05) is 32.7 Å². The molecule has 2 heterocycles. The van der Waals surface area contributed by atoms with Gasteiger partial charge in [0.05, 0.1) is 11.4 Å². The molecule has 6 aromatic carbocycles. The quantitative estimate of drug-likeness (QED) is 0.214. The Bertz CT molecular complexity index is 2410. The van der Waals surface area contributed by atoms with E-state index in [4.69, 9.17) is 9.40 Å². The largest absolute Gasteiger partial charge is 0.455 e. The van der Waals surface area contributed by atoms with Crippen LogP contribution in [0.15, 0.2) is 144 Å². The predicted octanol–water partition coefficient (Wildman–Crippen LogP) is 11.4. The fourth-order valence-electron chi connectivity index (χ4n) is 7.24. The Morgan fingerprint density at radius 2 is 1.25 bits per heavy atom. The summed E-state index contributed by atoms with van der Waals surface area (Å²) in [6.07, 6.45) is 0. The minimum absolute atomic E-state index is 0.0653. The highest BCUT2D eigenvalue weighted by molar-refractivity contribution is 6.19. The first kappa shape index (κ1) is 25.1. The van der Waals surface area contributed by atoms with Crippen molar-refractivity contribution in [1.82, 2.24) is 4.98 Å². The van der Waals surface area contributed by atoms with Crippen LogP contribution in [0.1, 0.15) is 25.0 Å². The Morgan fingerprint density at radius 3 is 2.16 bits per heavy atom. The first-order valence-electron chi connectivity index (χ1n) is 15.2. The van der Waals surface area contributed by atoms with Gasteiger partial charge in [-0.1, -0.05) is 123 Å². The van der Waals surface area contributed by atoms with Gasteiger partial charge in [-0.05, 0) is 69.1 Å². The third-order valence-electron chi connectivity index (χ3n) is 9.47. The standard InChI is InChI=1S/C42H29NO/c1-42(2)35-17-9-8-15-31(35)32-21-20-28(23-36(32)42)29-24-37(27-12-4-3-5-13-27)43-38(25-29)33-16-10-18-39-40(33)34-22-19-26-11-6-7-14-30(26)41(34)44-39/h3-25H,1-2H3. The molecule has 0 saturated heterocycles. The number of hydrogen-bond donors (Lipinski definition) is 0. The van der Waals surface area contributed by atoms with E-state index >= 15 is 0 Å².